The van der Waals surface area contributed by atoms with Crippen molar-refractivity contribution in [2.75, 3.05) is 10.0 Å². The molecule has 4 aromatic rings. The van der Waals surface area contributed by atoms with E-state index >= 15 is 0 Å². The highest BCUT2D eigenvalue weighted by atomic mass is 32.2. The van der Waals surface area contributed by atoms with E-state index in [1.54, 1.807) is 0 Å². The summed E-state index contributed by atoms with van der Waals surface area (Å²) in [5.41, 5.74) is 1.45. The van der Waals surface area contributed by atoms with E-state index in [1.165, 1.54) is 48.5 Å². The van der Waals surface area contributed by atoms with Gasteiger partial charge in [0.15, 0.2) is 0 Å². The Morgan fingerprint density at radius 3 is 2.28 bits per heavy atom. The minimum absolute atomic E-state index is 0.0329. The number of carbonyl (C=O) groups is 1. The highest BCUT2D eigenvalue weighted by molar-refractivity contribution is 7.92. The number of benzene rings is 4. The minimum atomic E-state index is -3.95. The lowest BCUT2D eigenvalue weighted by Gasteiger charge is -2.10. The number of hydrogen-bond acceptors (Lipinski definition) is 3. The van der Waals surface area contributed by atoms with E-state index in [-0.39, 0.29) is 16.5 Å². The smallest absolute Gasteiger partial charge is 0.261 e. The Balaban J connectivity index is 1.39. The van der Waals surface area contributed by atoms with Gasteiger partial charge in [0, 0.05) is 12.1 Å². The number of anilines is 2. The first-order chi connectivity index (χ1) is 15.4. The molecule has 0 unspecified atom stereocenters. The molecule has 0 bridgehead atoms. The molecular formula is C25H21FN2O3S. The molecule has 0 atom stereocenters. The summed E-state index contributed by atoms with van der Waals surface area (Å²) < 4.78 is 41.0. The molecule has 7 heteroatoms. The zero-order chi connectivity index (χ0) is 22.6. The Labute approximate surface area is 186 Å². The highest BCUT2D eigenvalue weighted by Crippen LogP contribution is 2.22. The van der Waals surface area contributed by atoms with Crippen LogP contribution in [0.3, 0.4) is 0 Å². The number of halogens is 1. The van der Waals surface area contributed by atoms with Gasteiger partial charge in [-0.15, -0.1) is 0 Å². The quantitative estimate of drug-likeness (QED) is 0.400. The van der Waals surface area contributed by atoms with Crippen LogP contribution in [0.15, 0.2) is 95.9 Å². The Morgan fingerprint density at radius 1 is 0.812 bits per heavy atom. The fraction of sp³-hybridized carbons (Fsp3) is 0.0800. The van der Waals surface area contributed by atoms with Crippen LogP contribution >= 0.6 is 0 Å². The average Bonchev–Trinajstić information content (AvgIpc) is 2.79. The van der Waals surface area contributed by atoms with E-state index in [9.17, 15) is 17.6 Å². The molecule has 0 saturated heterocycles. The molecule has 0 spiro atoms. The van der Waals surface area contributed by atoms with Crippen LogP contribution in [0.4, 0.5) is 15.8 Å². The van der Waals surface area contributed by atoms with Crippen LogP contribution in [0, 0.1) is 5.82 Å². The van der Waals surface area contributed by atoms with Gasteiger partial charge in [0.1, 0.15) is 5.82 Å². The average molecular weight is 449 g/mol. The van der Waals surface area contributed by atoms with Crippen molar-refractivity contribution in [1.29, 1.82) is 0 Å². The van der Waals surface area contributed by atoms with Crippen LogP contribution in [-0.4, -0.2) is 14.3 Å². The van der Waals surface area contributed by atoms with Gasteiger partial charge >= 0.3 is 0 Å². The third-order valence-electron chi connectivity index (χ3n) is 5.07. The summed E-state index contributed by atoms with van der Waals surface area (Å²) in [6.07, 6.45) is 0.884. The first kappa shape index (κ1) is 21.5. The molecule has 0 aliphatic heterocycles. The lowest BCUT2D eigenvalue weighted by molar-refractivity contribution is -0.116. The number of rotatable bonds is 7. The van der Waals surface area contributed by atoms with Crippen molar-refractivity contribution in [1.82, 2.24) is 0 Å². The molecule has 162 valence electrons. The Hall–Kier alpha value is -3.71. The van der Waals surface area contributed by atoms with E-state index in [4.69, 9.17) is 0 Å². The Bertz CT molecular complexity index is 1360. The van der Waals surface area contributed by atoms with Gasteiger partial charge in [-0.1, -0.05) is 54.6 Å². The predicted molar refractivity (Wildman–Crippen MR) is 125 cm³/mol. The molecule has 0 radical (unpaired) electrons. The lowest BCUT2D eigenvalue weighted by atomic mass is 10.0. The van der Waals surface area contributed by atoms with Crippen molar-refractivity contribution in [2.45, 2.75) is 17.7 Å². The number of fused-ring (bicyclic) bond motifs is 1. The second-order valence-corrected chi connectivity index (χ2v) is 8.98. The lowest BCUT2D eigenvalue weighted by Crippen LogP contribution is -2.15. The summed E-state index contributed by atoms with van der Waals surface area (Å²) in [7, 11) is -3.95. The van der Waals surface area contributed by atoms with Crippen molar-refractivity contribution in [2.24, 2.45) is 0 Å². The molecule has 0 heterocycles. The number of nitrogens with one attached hydrogen (secondary N) is 2. The number of para-hydroxylation sites is 1. The topological polar surface area (TPSA) is 75.3 Å². The first-order valence-corrected chi connectivity index (χ1v) is 11.5. The number of amides is 1. The third-order valence-corrected chi connectivity index (χ3v) is 6.45. The van der Waals surface area contributed by atoms with Gasteiger partial charge in [0.05, 0.1) is 10.6 Å². The van der Waals surface area contributed by atoms with Gasteiger partial charge in [-0.2, -0.15) is 0 Å². The van der Waals surface area contributed by atoms with Crippen molar-refractivity contribution in [3.63, 3.8) is 0 Å². The maximum Gasteiger partial charge on any atom is 0.261 e. The van der Waals surface area contributed by atoms with Crippen molar-refractivity contribution in [3.8, 4) is 0 Å². The molecule has 5 nitrogen and oxygen atoms in total. The van der Waals surface area contributed by atoms with Gasteiger partial charge in [-0.3, -0.25) is 9.52 Å². The molecule has 0 aromatic heterocycles. The van der Waals surface area contributed by atoms with E-state index in [0.29, 0.717) is 18.5 Å². The molecule has 4 aromatic carbocycles. The fourth-order valence-corrected chi connectivity index (χ4v) is 4.51. The summed E-state index contributed by atoms with van der Waals surface area (Å²) in [5, 5.41) is 5.04. The molecular weight excluding hydrogens is 427 g/mol. The van der Waals surface area contributed by atoms with Gasteiger partial charge in [0.2, 0.25) is 5.91 Å². The van der Waals surface area contributed by atoms with Crippen LogP contribution < -0.4 is 10.0 Å². The molecule has 2 N–H and O–H groups in total. The van der Waals surface area contributed by atoms with Crippen molar-refractivity contribution in [3.05, 3.63) is 102 Å². The standard InChI is InChI=1S/C25H21FN2O3S/c26-23-10-3-4-11-24(23)28-32(30,31)21-15-13-20(14-16-21)27-25(29)17-12-19-8-5-7-18-6-1-2-9-22(18)19/h1-11,13-16,28H,12,17H2,(H,27,29). The molecule has 0 aliphatic carbocycles. The monoisotopic (exact) mass is 448 g/mol. The van der Waals surface area contributed by atoms with Crippen LogP contribution in [0.1, 0.15) is 12.0 Å². The van der Waals surface area contributed by atoms with Gasteiger partial charge < -0.3 is 5.32 Å². The Kier molecular flexibility index (Phi) is 6.18. The summed E-state index contributed by atoms with van der Waals surface area (Å²) in [5.74, 6) is -0.829. The summed E-state index contributed by atoms with van der Waals surface area (Å²) in [4.78, 5) is 12.4. The zero-order valence-corrected chi connectivity index (χ0v) is 17.9. The number of carbonyl (C=O) groups excluding carboxylic acids is 1. The second kappa shape index (κ2) is 9.20. The SMILES string of the molecule is O=C(CCc1cccc2ccccc12)Nc1ccc(S(=O)(=O)Nc2ccccc2F)cc1. The Morgan fingerprint density at radius 2 is 1.50 bits per heavy atom. The van der Waals surface area contributed by atoms with Crippen LogP contribution in [0.2, 0.25) is 0 Å². The summed E-state index contributed by atoms with van der Waals surface area (Å²) in [6, 6.07) is 25.3. The molecule has 0 fully saturated rings. The van der Waals surface area contributed by atoms with Crippen molar-refractivity contribution >= 4 is 38.1 Å². The number of sulfonamides is 1. The van der Waals surface area contributed by atoms with Crippen LogP contribution in [0.25, 0.3) is 10.8 Å². The van der Waals surface area contributed by atoms with Gasteiger partial charge in [0.25, 0.3) is 10.0 Å². The van der Waals surface area contributed by atoms with E-state index < -0.39 is 15.8 Å². The normalized spacial score (nSPS) is 11.3. The van der Waals surface area contributed by atoms with Crippen LogP contribution in [-0.2, 0) is 21.2 Å². The largest absolute Gasteiger partial charge is 0.326 e. The predicted octanol–water partition coefficient (Wildman–Crippen LogP) is 5.35. The van der Waals surface area contributed by atoms with Gasteiger partial charge in [-0.25, -0.2) is 12.8 Å². The highest BCUT2D eigenvalue weighted by Gasteiger charge is 2.16. The third kappa shape index (κ3) is 4.95. The molecule has 4 rings (SSSR count). The van der Waals surface area contributed by atoms with E-state index in [0.717, 1.165) is 16.3 Å². The minimum Gasteiger partial charge on any atom is -0.326 e. The summed E-state index contributed by atoms with van der Waals surface area (Å²) >= 11 is 0. The maximum atomic E-state index is 13.8. The molecule has 32 heavy (non-hydrogen) atoms. The zero-order valence-electron chi connectivity index (χ0n) is 17.1. The number of aryl methyl sites for hydroxylation is 1. The molecule has 0 saturated carbocycles. The van der Waals surface area contributed by atoms with Gasteiger partial charge in [-0.05, 0) is 59.2 Å². The molecule has 0 aliphatic rings. The van der Waals surface area contributed by atoms with Crippen molar-refractivity contribution < 1.29 is 17.6 Å². The molecule has 1 amide bonds. The van der Waals surface area contributed by atoms with Crippen LogP contribution in [0.5, 0.6) is 0 Å². The maximum absolute atomic E-state index is 13.8. The fourth-order valence-electron chi connectivity index (χ4n) is 3.45. The first-order valence-electron chi connectivity index (χ1n) is 10.1. The van der Waals surface area contributed by atoms with E-state index in [1.807, 2.05) is 42.5 Å². The number of hydrogen-bond donors (Lipinski definition) is 2. The van der Waals surface area contributed by atoms with E-state index in [2.05, 4.69) is 10.0 Å². The summed E-state index contributed by atoms with van der Waals surface area (Å²) in [6.45, 7) is 0. The second-order valence-electron chi connectivity index (χ2n) is 7.30.